The topological polar surface area (TPSA) is 63.7 Å². The molecular formula is C23H24FNO4. The average molecular weight is 397 g/mol. The van der Waals surface area contributed by atoms with Crippen LogP contribution in [0.25, 0.3) is 0 Å². The minimum Gasteiger partial charge on any atom is -0.457 e. The second-order valence-corrected chi connectivity index (χ2v) is 7.08. The van der Waals surface area contributed by atoms with Gasteiger partial charge < -0.3 is 9.64 Å². The molecule has 29 heavy (non-hydrogen) atoms. The zero-order valence-electron chi connectivity index (χ0n) is 16.6. The van der Waals surface area contributed by atoms with Gasteiger partial charge in [-0.2, -0.15) is 0 Å². The molecule has 0 aliphatic carbocycles. The summed E-state index contributed by atoms with van der Waals surface area (Å²) in [7, 11) is 0. The van der Waals surface area contributed by atoms with E-state index < -0.39 is 30.1 Å². The number of rotatable bonds is 7. The highest BCUT2D eigenvalue weighted by atomic mass is 19.1. The third kappa shape index (κ3) is 4.53. The van der Waals surface area contributed by atoms with Gasteiger partial charge in [0, 0.05) is 24.2 Å². The number of Topliss-reactive ketones (excluding diaryl/α,β-unsaturated/α-hetero) is 1. The van der Waals surface area contributed by atoms with Gasteiger partial charge in [0.25, 0.3) is 0 Å². The molecule has 1 aliphatic rings. The van der Waals surface area contributed by atoms with Crippen molar-refractivity contribution in [3.8, 4) is 0 Å². The van der Waals surface area contributed by atoms with Crippen molar-refractivity contribution in [1.82, 2.24) is 0 Å². The van der Waals surface area contributed by atoms with Crippen molar-refractivity contribution < 1.29 is 23.5 Å². The summed E-state index contributed by atoms with van der Waals surface area (Å²) >= 11 is 0. The summed E-state index contributed by atoms with van der Waals surface area (Å²) in [4.78, 5) is 38.9. The van der Waals surface area contributed by atoms with Crippen molar-refractivity contribution in [2.75, 3.05) is 18.1 Å². The summed E-state index contributed by atoms with van der Waals surface area (Å²) < 4.78 is 18.1. The molecule has 3 rings (SSSR count). The number of hydrogen-bond donors (Lipinski definition) is 0. The fraction of sp³-hybridized carbons (Fsp3) is 0.348. The molecule has 0 N–H and O–H groups in total. The normalized spacial score (nSPS) is 16.2. The smallest absolute Gasteiger partial charge is 0.311 e. The molecule has 1 fully saturated rings. The van der Waals surface area contributed by atoms with Crippen molar-refractivity contribution in [2.45, 2.75) is 33.1 Å². The van der Waals surface area contributed by atoms with Crippen LogP contribution in [-0.4, -0.2) is 30.8 Å². The molecule has 1 aliphatic heterocycles. The van der Waals surface area contributed by atoms with Crippen LogP contribution in [0.3, 0.4) is 0 Å². The third-order valence-corrected chi connectivity index (χ3v) is 5.20. The molecule has 0 spiro atoms. The maximum Gasteiger partial charge on any atom is 0.311 e. The molecular weight excluding hydrogens is 373 g/mol. The third-order valence-electron chi connectivity index (χ3n) is 5.20. The number of halogens is 1. The SMILES string of the molecule is CCc1cccc(CC)c1N1C[C@H](C(=O)OCC(=O)c2ccc(F)cc2)CC1=O. The van der Waals surface area contributed by atoms with Gasteiger partial charge in [-0.1, -0.05) is 32.0 Å². The molecule has 0 bridgehead atoms. The highest BCUT2D eigenvalue weighted by Gasteiger charge is 2.37. The Hall–Kier alpha value is -3.02. The number of esters is 1. The van der Waals surface area contributed by atoms with Crippen LogP contribution < -0.4 is 4.90 Å². The standard InChI is InChI=1S/C23H24FNO4/c1-3-15-6-5-7-16(4-2)22(15)25-13-18(12-21(25)27)23(28)29-14-20(26)17-8-10-19(24)11-9-17/h5-11,18H,3-4,12-14H2,1-2H3/t18-/m1/s1. The van der Waals surface area contributed by atoms with Crippen LogP contribution in [0.4, 0.5) is 10.1 Å². The maximum atomic E-state index is 13.0. The fourth-order valence-electron chi connectivity index (χ4n) is 3.62. The first-order chi connectivity index (χ1) is 13.9. The van der Waals surface area contributed by atoms with E-state index in [0.717, 1.165) is 29.7 Å². The van der Waals surface area contributed by atoms with Gasteiger partial charge in [0.05, 0.1) is 5.92 Å². The van der Waals surface area contributed by atoms with Crippen LogP contribution >= 0.6 is 0 Å². The van der Waals surface area contributed by atoms with E-state index in [1.807, 2.05) is 32.0 Å². The molecule has 0 saturated carbocycles. The first kappa shape index (κ1) is 20.7. The lowest BCUT2D eigenvalue weighted by atomic mass is 10.0. The van der Waals surface area contributed by atoms with Crippen LogP contribution in [0.5, 0.6) is 0 Å². The monoisotopic (exact) mass is 397 g/mol. The average Bonchev–Trinajstić information content (AvgIpc) is 3.12. The number of ketones is 1. The quantitative estimate of drug-likeness (QED) is 0.528. The van der Waals surface area contributed by atoms with E-state index in [1.165, 1.54) is 24.3 Å². The molecule has 2 aromatic rings. The minimum absolute atomic E-state index is 0.0603. The zero-order valence-corrected chi connectivity index (χ0v) is 16.6. The maximum absolute atomic E-state index is 13.0. The summed E-state index contributed by atoms with van der Waals surface area (Å²) in [5.74, 6) is -2.15. The Bertz CT molecular complexity index is 901. The van der Waals surface area contributed by atoms with E-state index in [1.54, 1.807) is 4.90 Å². The molecule has 5 nitrogen and oxygen atoms in total. The van der Waals surface area contributed by atoms with Crippen LogP contribution in [-0.2, 0) is 27.2 Å². The predicted octanol–water partition coefficient (Wildman–Crippen LogP) is 3.73. The number of carbonyl (C=O) groups excluding carboxylic acids is 3. The number of anilines is 1. The second kappa shape index (κ2) is 8.99. The number of amides is 1. The summed E-state index contributed by atoms with van der Waals surface area (Å²) in [6.45, 7) is 3.88. The van der Waals surface area contributed by atoms with E-state index in [4.69, 9.17) is 4.74 Å². The second-order valence-electron chi connectivity index (χ2n) is 7.08. The van der Waals surface area contributed by atoms with Crippen LogP contribution in [0.2, 0.25) is 0 Å². The number of benzene rings is 2. The molecule has 2 aromatic carbocycles. The Labute approximate surface area is 169 Å². The van der Waals surface area contributed by atoms with E-state index >= 15 is 0 Å². The Balaban J connectivity index is 1.66. The lowest BCUT2D eigenvalue weighted by Gasteiger charge is -2.23. The van der Waals surface area contributed by atoms with E-state index in [2.05, 4.69) is 0 Å². The summed E-state index contributed by atoms with van der Waals surface area (Å²) in [5.41, 5.74) is 3.30. The number of ether oxygens (including phenoxy) is 1. The Morgan fingerprint density at radius 3 is 2.28 bits per heavy atom. The van der Waals surface area contributed by atoms with Crippen molar-refractivity contribution in [3.05, 3.63) is 65.0 Å². The van der Waals surface area contributed by atoms with Gasteiger partial charge in [-0.3, -0.25) is 14.4 Å². The summed E-state index contributed by atoms with van der Waals surface area (Å²) in [5, 5.41) is 0. The lowest BCUT2D eigenvalue weighted by Crippen LogP contribution is -2.29. The van der Waals surface area contributed by atoms with Crippen LogP contribution in [0.15, 0.2) is 42.5 Å². The molecule has 1 atom stereocenters. The van der Waals surface area contributed by atoms with Crippen LogP contribution in [0.1, 0.15) is 41.8 Å². The zero-order chi connectivity index (χ0) is 21.0. The number of para-hydroxylation sites is 1. The molecule has 0 unspecified atom stereocenters. The molecule has 0 aromatic heterocycles. The first-order valence-electron chi connectivity index (χ1n) is 9.81. The van der Waals surface area contributed by atoms with Crippen LogP contribution in [0, 0.1) is 11.7 Å². The predicted molar refractivity (Wildman–Crippen MR) is 107 cm³/mol. The summed E-state index contributed by atoms with van der Waals surface area (Å²) in [6, 6.07) is 11.0. The molecule has 1 heterocycles. The van der Waals surface area contributed by atoms with Gasteiger partial charge in [0.15, 0.2) is 12.4 Å². The van der Waals surface area contributed by atoms with Gasteiger partial charge in [-0.15, -0.1) is 0 Å². The largest absolute Gasteiger partial charge is 0.457 e. The molecule has 6 heteroatoms. The summed E-state index contributed by atoms with van der Waals surface area (Å²) in [6.07, 6.45) is 1.63. The highest BCUT2D eigenvalue weighted by molar-refractivity contribution is 6.01. The van der Waals surface area contributed by atoms with Gasteiger partial charge >= 0.3 is 5.97 Å². The van der Waals surface area contributed by atoms with Crippen molar-refractivity contribution >= 4 is 23.3 Å². The number of aryl methyl sites for hydroxylation is 2. The van der Waals surface area contributed by atoms with Gasteiger partial charge in [0.1, 0.15) is 5.82 Å². The number of carbonyl (C=O) groups is 3. The van der Waals surface area contributed by atoms with E-state index in [0.29, 0.717) is 0 Å². The van der Waals surface area contributed by atoms with Crippen molar-refractivity contribution in [2.24, 2.45) is 5.92 Å². The van der Waals surface area contributed by atoms with Crippen molar-refractivity contribution in [1.29, 1.82) is 0 Å². The molecule has 1 saturated heterocycles. The lowest BCUT2D eigenvalue weighted by molar-refractivity contribution is -0.147. The highest BCUT2D eigenvalue weighted by Crippen LogP contribution is 2.32. The Kier molecular flexibility index (Phi) is 6.42. The molecule has 1 amide bonds. The fourth-order valence-corrected chi connectivity index (χ4v) is 3.62. The molecule has 152 valence electrons. The van der Waals surface area contributed by atoms with E-state index in [-0.39, 0.29) is 24.4 Å². The van der Waals surface area contributed by atoms with Gasteiger partial charge in [0.2, 0.25) is 5.91 Å². The van der Waals surface area contributed by atoms with Gasteiger partial charge in [-0.25, -0.2) is 4.39 Å². The Morgan fingerprint density at radius 1 is 1.07 bits per heavy atom. The first-order valence-corrected chi connectivity index (χ1v) is 9.81. The minimum atomic E-state index is -0.613. The Morgan fingerprint density at radius 2 is 1.69 bits per heavy atom. The van der Waals surface area contributed by atoms with Crippen molar-refractivity contribution in [3.63, 3.8) is 0 Å². The number of nitrogens with zero attached hydrogens (tertiary/aromatic N) is 1. The number of hydrogen-bond acceptors (Lipinski definition) is 4. The van der Waals surface area contributed by atoms with E-state index in [9.17, 15) is 18.8 Å². The molecule has 0 radical (unpaired) electrons. The van der Waals surface area contributed by atoms with Gasteiger partial charge in [-0.05, 0) is 48.2 Å².